The fourth-order valence-electron chi connectivity index (χ4n) is 3.46. The van der Waals surface area contributed by atoms with Crippen LogP contribution in [0.1, 0.15) is 12.8 Å². The minimum atomic E-state index is -3.57. The van der Waals surface area contributed by atoms with Crippen molar-refractivity contribution in [1.82, 2.24) is 9.62 Å². The Hall–Kier alpha value is -1.80. The van der Waals surface area contributed by atoms with E-state index in [0.29, 0.717) is 43.7 Å². The standard InChI is InChI=1S/C16H18N2O5S/c19-15(16-6-10(16)7-16)17-11-8-18(9-11)24(20,21)12-1-2-13-14(5-12)23-4-3-22-13/h1-2,5,10-11H,3-4,6-9H2,(H,17,19). The lowest BCUT2D eigenvalue weighted by Gasteiger charge is -2.38. The minimum Gasteiger partial charge on any atom is -0.486 e. The van der Waals surface area contributed by atoms with E-state index in [2.05, 4.69) is 5.32 Å². The number of nitrogens with one attached hydrogen (secondary N) is 1. The molecule has 2 heterocycles. The van der Waals surface area contributed by atoms with E-state index >= 15 is 0 Å². The topological polar surface area (TPSA) is 84.9 Å². The molecule has 2 aliphatic heterocycles. The van der Waals surface area contributed by atoms with Crippen LogP contribution in [0.5, 0.6) is 11.5 Å². The van der Waals surface area contributed by atoms with Gasteiger partial charge in [-0.15, -0.1) is 0 Å². The summed E-state index contributed by atoms with van der Waals surface area (Å²) in [6.07, 6.45) is 2.01. The second-order valence-corrected chi connectivity index (χ2v) is 9.00. The number of carbonyl (C=O) groups is 1. The Labute approximate surface area is 140 Å². The maximum atomic E-state index is 12.7. The van der Waals surface area contributed by atoms with Crippen LogP contribution in [0, 0.1) is 11.3 Å². The molecule has 0 spiro atoms. The predicted molar refractivity (Wildman–Crippen MR) is 83.3 cm³/mol. The van der Waals surface area contributed by atoms with Gasteiger partial charge in [-0.25, -0.2) is 8.42 Å². The van der Waals surface area contributed by atoms with Crippen LogP contribution in [-0.4, -0.2) is 51.0 Å². The summed E-state index contributed by atoms with van der Waals surface area (Å²) < 4.78 is 37.6. The van der Waals surface area contributed by atoms with Gasteiger partial charge in [-0.05, 0) is 30.9 Å². The molecule has 1 aromatic carbocycles. The zero-order valence-electron chi connectivity index (χ0n) is 13.0. The molecule has 1 saturated heterocycles. The van der Waals surface area contributed by atoms with Crippen LogP contribution in [0.4, 0.5) is 0 Å². The summed E-state index contributed by atoms with van der Waals surface area (Å²) in [5.74, 6) is 1.72. The third-order valence-electron chi connectivity index (χ3n) is 5.47. The van der Waals surface area contributed by atoms with E-state index < -0.39 is 10.0 Å². The summed E-state index contributed by atoms with van der Waals surface area (Å²) in [5, 5.41) is 2.97. The number of hydrogen-bond donors (Lipinski definition) is 1. The van der Waals surface area contributed by atoms with Crippen molar-refractivity contribution in [1.29, 1.82) is 0 Å². The number of benzene rings is 1. The molecular weight excluding hydrogens is 332 g/mol. The van der Waals surface area contributed by atoms with Crippen molar-refractivity contribution in [2.24, 2.45) is 11.3 Å². The summed E-state index contributed by atoms with van der Waals surface area (Å²) in [6.45, 7) is 1.53. The van der Waals surface area contributed by atoms with Crippen molar-refractivity contribution in [3.8, 4) is 11.5 Å². The van der Waals surface area contributed by atoms with Crippen molar-refractivity contribution in [2.75, 3.05) is 26.3 Å². The number of amides is 1. The number of sulfonamides is 1. The van der Waals surface area contributed by atoms with Gasteiger partial charge in [-0.2, -0.15) is 4.31 Å². The van der Waals surface area contributed by atoms with Crippen molar-refractivity contribution in [3.63, 3.8) is 0 Å². The summed E-state index contributed by atoms with van der Waals surface area (Å²) in [7, 11) is -3.57. The molecule has 3 fully saturated rings. The lowest BCUT2D eigenvalue weighted by atomic mass is 10.1. The molecule has 24 heavy (non-hydrogen) atoms. The van der Waals surface area contributed by atoms with Crippen LogP contribution in [-0.2, 0) is 14.8 Å². The van der Waals surface area contributed by atoms with Gasteiger partial charge < -0.3 is 14.8 Å². The second-order valence-electron chi connectivity index (χ2n) is 7.06. The molecule has 1 aromatic rings. The monoisotopic (exact) mass is 350 g/mol. The van der Waals surface area contributed by atoms with E-state index in [1.807, 2.05) is 0 Å². The average molecular weight is 350 g/mol. The van der Waals surface area contributed by atoms with Crippen LogP contribution in [0.15, 0.2) is 23.1 Å². The molecule has 1 amide bonds. The number of fused-ring (bicyclic) bond motifs is 2. The van der Waals surface area contributed by atoms with Crippen LogP contribution in [0.2, 0.25) is 0 Å². The molecule has 2 aliphatic carbocycles. The van der Waals surface area contributed by atoms with Crippen LogP contribution < -0.4 is 14.8 Å². The van der Waals surface area contributed by atoms with E-state index in [-0.39, 0.29) is 22.3 Å². The highest BCUT2D eigenvalue weighted by Gasteiger charge is 2.74. The van der Waals surface area contributed by atoms with E-state index in [1.54, 1.807) is 6.07 Å². The van der Waals surface area contributed by atoms with Crippen molar-refractivity contribution >= 4 is 15.9 Å². The smallest absolute Gasteiger partial charge is 0.243 e. The highest BCUT2D eigenvalue weighted by atomic mass is 32.2. The first-order chi connectivity index (χ1) is 11.5. The molecule has 1 N–H and O–H groups in total. The SMILES string of the molecule is O=C(NC1CN(S(=O)(=O)c2ccc3c(c2)OCCO3)C1)C12CC1C2. The molecule has 0 radical (unpaired) electrons. The van der Waals surface area contributed by atoms with Crippen molar-refractivity contribution < 1.29 is 22.7 Å². The summed E-state index contributed by atoms with van der Waals surface area (Å²) in [4.78, 5) is 12.2. The molecule has 128 valence electrons. The number of hydrogen-bond acceptors (Lipinski definition) is 5. The van der Waals surface area contributed by atoms with Gasteiger partial charge in [0.05, 0.1) is 16.4 Å². The Bertz CT molecular complexity index is 825. The maximum Gasteiger partial charge on any atom is 0.243 e. The molecule has 0 unspecified atom stereocenters. The fraction of sp³-hybridized carbons (Fsp3) is 0.562. The lowest BCUT2D eigenvalue weighted by Crippen LogP contribution is -2.61. The Balaban J connectivity index is 1.26. The molecule has 0 bridgehead atoms. The Kier molecular flexibility index (Phi) is 2.81. The van der Waals surface area contributed by atoms with Gasteiger partial charge in [0.1, 0.15) is 13.2 Å². The first-order valence-corrected chi connectivity index (χ1v) is 9.64. The van der Waals surface area contributed by atoms with Gasteiger partial charge in [0.15, 0.2) is 11.5 Å². The summed E-state index contributed by atoms with van der Waals surface area (Å²) in [5.41, 5.74) is -0.0743. The first kappa shape index (κ1) is 14.5. The van der Waals surface area contributed by atoms with Gasteiger partial charge in [-0.1, -0.05) is 0 Å². The highest BCUT2D eigenvalue weighted by molar-refractivity contribution is 7.89. The average Bonchev–Trinajstić information content (AvgIpc) is 3.39. The van der Waals surface area contributed by atoms with Crippen LogP contribution >= 0.6 is 0 Å². The number of carbonyl (C=O) groups excluding carboxylic acids is 1. The Morgan fingerprint density at radius 3 is 2.50 bits per heavy atom. The Morgan fingerprint density at radius 1 is 1.17 bits per heavy atom. The van der Waals surface area contributed by atoms with Gasteiger partial charge in [0.25, 0.3) is 0 Å². The van der Waals surface area contributed by atoms with E-state index in [1.165, 1.54) is 16.4 Å². The maximum absolute atomic E-state index is 12.7. The molecule has 8 heteroatoms. The first-order valence-electron chi connectivity index (χ1n) is 8.20. The van der Waals surface area contributed by atoms with Gasteiger partial charge >= 0.3 is 0 Å². The molecular formula is C16H18N2O5S. The highest BCUT2D eigenvalue weighted by Crippen LogP contribution is 2.75. The van der Waals surface area contributed by atoms with Crippen LogP contribution in [0.25, 0.3) is 0 Å². The van der Waals surface area contributed by atoms with Gasteiger partial charge in [-0.3, -0.25) is 4.79 Å². The third-order valence-corrected chi connectivity index (χ3v) is 7.30. The number of rotatable bonds is 4. The van der Waals surface area contributed by atoms with Crippen molar-refractivity contribution in [2.45, 2.75) is 23.8 Å². The van der Waals surface area contributed by atoms with Crippen molar-refractivity contribution in [3.05, 3.63) is 18.2 Å². The van der Waals surface area contributed by atoms with E-state index in [9.17, 15) is 13.2 Å². The van der Waals surface area contributed by atoms with Crippen LogP contribution in [0.3, 0.4) is 0 Å². The molecule has 5 rings (SSSR count). The zero-order chi connectivity index (χ0) is 16.5. The number of nitrogens with zero attached hydrogens (tertiary/aromatic N) is 1. The normalized spacial score (nSPS) is 30.9. The molecule has 2 saturated carbocycles. The van der Waals surface area contributed by atoms with Gasteiger partial charge in [0.2, 0.25) is 15.9 Å². The fourth-order valence-corrected chi connectivity index (χ4v) is 5.01. The molecule has 0 atom stereocenters. The number of ether oxygens (including phenoxy) is 2. The van der Waals surface area contributed by atoms with Gasteiger partial charge in [0, 0.05) is 19.2 Å². The third kappa shape index (κ3) is 2.05. The minimum absolute atomic E-state index is 0.0743. The van der Waals surface area contributed by atoms with E-state index in [4.69, 9.17) is 9.47 Å². The quantitative estimate of drug-likeness (QED) is 0.847. The molecule has 4 aliphatic rings. The zero-order valence-corrected chi connectivity index (χ0v) is 13.8. The molecule has 7 nitrogen and oxygen atoms in total. The summed E-state index contributed by atoms with van der Waals surface area (Å²) >= 11 is 0. The Morgan fingerprint density at radius 2 is 1.83 bits per heavy atom. The largest absolute Gasteiger partial charge is 0.486 e. The van der Waals surface area contributed by atoms with E-state index in [0.717, 1.165) is 12.8 Å². The lowest BCUT2D eigenvalue weighted by molar-refractivity contribution is -0.125. The summed E-state index contributed by atoms with van der Waals surface area (Å²) in [6, 6.07) is 4.58. The second kappa shape index (κ2) is 4.64. The molecule has 0 aromatic heterocycles. The predicted octanol–water partition coefficient (Wildman–Crippen LogP) is 0.357.